The summed E-state index contributed by atoms with van der Waals surface area (Å²) in [4.78, 5) is 1.06. The first-order chi connectivity index (χ1) is 7.08. The van der Waals surface area contributed by atoms with Crippen molar-refractivity contribution in [2.45, 2.75) is 12.3 Å². The van der Waals surface area contributed by atoms with Crippen LogP contribution < -0.4 is 0 Å². The predicted octanol–water partition coefficient (Wildman–Crippen LogP) is 5.50. The zero-order chi connectivity index (χ0) is 11.0. The molecule has 2 rings (SSSR count). The molecule has 0 aliphatic carbocycles. The van der Waals surface area contributed by atoms with Crippen LogP contribution in [0.3, 0.4) is 0 Å². The average molecular weight is 370 g/mol. The smallest absolute Gasteiger partial charge is 0.127 e. The van der Waals surface area contributed by atoms with Gasteiger partial charge in [-0.25, -0.2) is 0 Å². The van der Waals surface area contributed by atoms with Crippen molar-refractivity contribution < 1.29 is 4.42 Å². The molecular weight excluding hydrogens is 363 g/mol. The predicted molar refractivity (Wildman–Crippen MR) is 70.9 cm³/mol. The summed E-state index contributed by atoms with van der Waals surface area (Å²) in [7, 11) is 0. The Hall–Kier alpha value is 0.230. The van der Waals surface area contributed by atoms with Gasteiger partial charge in [-0.2, -0.15) is 0 Å². The molecule has 0 N–H and O–H groups in total. The molecule has 15 heavy (non-hydrogen) atoms. The first kappa shape index (κ1) is 11.7. The SMILES string of the molecule is Cc1ccc(C(Cl)c2cc(Br)c(Br)s2)o1. The maximum Gasteiger partial charge on any atom is 0.127 e. The van der Waals surface area contributed by atoms with Gasteiger partial charge in [0.05, 0.1) is 3.79 Å². The molecule has 0 bridgehead atoms. The van der Waals surface area contributed by atoms with Gasteiger partial charge in [-0.15, -0.1) is 22.9 Å². The highest BCUT2D eigenvalue weighted by Gasteiger charge is 2.18. The molecule has 5 heteroatoms. The Morgan fingerprint density at radius 3 is 2.60 bits per heavy atom. The van der Waals surface area contributed by atoms with Gasteiger partial charge in [0.2, 0.25) is 0 Å². The molecule has 0 saturated carbocycles. The lowest BCUT2D eigenvalue weighted by molar-refractivity contribution is 0.490. The third-order valence-corrected chi connectivity index (χ3v) is 5.83. The fraction of sp³-hybridized carbons (Fsp3) is 0.200. The van der Waals surface area contributed by atoms with Gasteiger partial charge in [-0.3, -0.25) is 0 Å². The summed E-state index contributed by atoms with van der Waals surface area (Å²) >= 11 is 14.8. The van der Waals surface area contributed by atoms with E-state index in [1.807, 2.05) is 25.1 Å². The Morgan fingerprint density at radius 1 is 1.40 bits per heavy atom. The molecule has 0 fully saturated rings. The Labute approximate surface area is 114 Å². The second-order valence-corrected chi connectivity index (χ2v) is 6.77. The van der Waals surface area contributed by atoms with Crippen LogP contribution in [0.25, 0.3) is 0 Å². The summed E-state index contributed by atoms with van der Waals surface area (Å²) in [5.41, 5.74) is 0. The molecule has 0 aliphatic rings. The highest BCUT2D eigenvalue weighted by Crippen LogP contribution is 2.40. The van der Waals surface area contributed by atoms with Crippen molar-refractivity contribution in [3.8, 4) is 0 Å². The van der Waals surface area contributed by atoms with Crippen LogP contribution in [0.4, 0.5) is 0 Å². The number of halogens is 3. The topological polar surface area (TPSA) is 13.1 Å². The molecule has 1 atom stereocenters. The number of alkyl halides is 1. The van der Waals surface area contributed by atoms with Gasteiger partial charge in [0.25, 0.3) is 0 Å². The largest absolute Gasteiger partial charge is 0.464 e. The van der Waals surface area contributed by atoms with E-state index in [0.29, 0.717) is 0 Å². The van der Waals surface area contributed by atoms with Crippen LogP contribution in [0.5, 0.6) is 0 Å². The minimum atomic E-state index is -0.216. The van der Waals surface area contributed by atoms with Gasteiger partial charge < -0.3 is 4.42 Å². The molecule has 1 nitrogen and oxygen atoms in total. The van der Waals surface area contributed by atoms with Crippen LogP contribution in [-0.2, 0) is 0 Å². The van der Waals surface area contributed by atoms with Crippen molar-refractivity contribution in [1.29, 1.82) is 0 Å². The molecular formula is C10H7Br2ClOS. The van der Waals surface area contributed by atoms with Crippen molar-refractivity contribution in [2.24, 2.45) is 0 Å². The summed E-state index contributed by atoms with van der Waals surface area (Å²) in [6.45, 7) is 1.91. The third kappa shape index (κ3) is 2.49. The van der Waals surface area contributed by atoms with Gasteiger partial charge in [0.15, 0.2) is 0 Å². The summed E-state index contributed by atoms with van der Waals surface area (Å²) in [6.07, 6.45) is 0. The lowest BCUT2D eigenvalue weighted by Gasteiger charge is -2.02. The summed E-state index contributed by atoms with van der Waals surface area (Å²) in [5, 5.41) is -0.216. The van der Waals surface area contributed by atoms with E-state index in [-0.39, 0.29) is 5.38 Å². The number of hydrogen-bond donors (Lipinski definition) is 0. The van der Waals surface area contributed by atoms with Crippen LogP contribution >= 0.6 is 54.8 Å². The van der Waals surface area contributed by atoms with E-state index in [2.05, 4.69) is 31.9 Å². The fourth-order valence-corrected chi connectivity index (χ4v) is 3.61. The van der Waals surface area contributed by atoms with Crippen LogP contribution in [0.1, 0.15) is 21.8 Å². The van der Waals surface area contributed by atoms with Crippen molar-refractivity contribution in [1.82, 2.24) is 0 Å². The number of aryl methyl sites for hydroxylation is 1. The molecule has 2 heterocycles. The highest BCUT2D eigenvalue weighted by molar-refractivity contribution is 9.13. The van der Waals surface area contributed by atoms with E-state index in [4.69, 9.17) is 16.0 Å². The molecule has 0 saturated heterocycles. The number of furan rings is 1. The molecule has 0 aliphatic heterocycles. The quantitative estimate of drug-likeness (QED) is 0.636. The van der Waals surface area contributed by atoms with Crippen LogP contribution in [-0.4, -0.2) is 0 Å². The number of rotatable bonds is 2. The van der Waals surface area contributed by atoms with E-state index in [1.165, 1.54) is 0 Å². The van der Waals surface area contributed by atoms with Crippen LogP contribution in [0.15, 0.2) is 30.9 Å². The van der Waals surface area contributed by atoms with E-state index >= 15 is 0 Å². The third-order valence-electron chi connectivity index (χ3n) is 1.92. The Morgan fingerprint density at radius 2 is 2.13 bits per heavy atom. The first-order valence-corrected chi connectivity index (χ1v) is 7.07. The molecule has 2 aromatic rings. The van der Waals surface area contributed by atoms with Gasteiger partial charge in [0.1, 0.15) is 16.9 Å². The van der Waals surface area contributed by atoms with Crippen molar-refractivity contribution in [3.63, 3.8) is 0 Å². The van der Waals surface area contributed by atoms with E-state index in [9.17, 15) is 0 Å². The monoisotopic (exact) mass is 368 g/mol. The Kier molecular flexibility index (Phi) is 3.60. The highest BCUT2D eigenvalue weighted by atomic mass is 79.9. The minimum absolute atomic E-state index is 0.216. The normalized spacial score (nSPS) is 13.1. The van der Waals surface area contributed by atoms with Gasteiger partial charge >= 0.3 is 0 Å². The minimum Gasteiger partial charge on any atom is -0.464 e. The van der Waals surface area contributed by atoms with Crippen molar-refractivity contribution in [2.75, 3.05) is 0 Å². The first-order valence-electron chi connectivity index (χ1n) is 4.23. The molecule has 1 unspecified atom stereocenters. The van der Waals surface area contributed by atoms with Crippen LogP contribution in [0.2, 0.25) is 0 Å². The number of hydrogen-bond acceptors (Lipinski definition) is 2. The molecule has 0 amide bonds. The van der Waals surface area contributed by atoms with Gasteiger partial charge in [-0.1, -0.05) is 0 Å². The maximum absolute atomic E-state index is 6.31. The zero-order valence-corrected chi connectivity index (χ0v) is 12.5. The van der Waals surface area contributed by atoms with Crippen molar-refractivity contribution in [3.05, 3.63) is 42.9 Å². The summed E-state index contributed by atoms with van der Waals surface area (Å²) < 4.78 is 7.57. The summed E-state index contributed by atoms with van der Waals surface area (Å²) in [6, 6.07) is 5.83. The van der Waals surface area contributed by atoms with Crippen LogP contribution in [0, 0.1) is 6.92 Å². The lowest BCUT2D eigenvalue weighted by Crippen LogP contribution is -1.85. The molecule has 0 radical (unpaired) electrons. The van der Waals surface area contributed by atoms with E-state index < -0.39 is 0 Å². The van der Waals surface area contributed by atoms with Gasteiger partial charge in [-0.05, 0) is 57.0 Å². The maximum atomic E-state index is 6.31. The molecule has 80 valence electrons. The average Bonchev–Trinajstić information content (AvgIpc) is 2.74. The van der Waals surface area contributed by atoms with E-state index in [0.717, 1.165) is 24.7 Å². The molecule has 0 aromatic carbocycles. The molecule has 2 aromatic heterocycles. The standard InChI is InChI=1S/C10H7Br2ClOS/c1-5-2-3-7(14-5)9(13)8-4-6(11)10(12)15-8/h2-4,9H,1H3. The Bertz CT molecular complexity index is 458. The van der Waals surface area contributed by atoms with Gasteiger partial charge in [0, 0.05) is 9.35 Å². The van der Waals surface area contributed by atoms with Crippen molar-refractivity contribution >= 4 is 54.8 Å². The summed E-state index contributed by atoms with van der Waals surface area (Å²) in [5.74, 6) is 1.67. The fourth-order valence-electron chi connectivity index (χ4n) is 1.22. The zero-order valence-electron chi connectivity index (χ0n) is 7.76. The van der Waals surface area contributed by atoms with E-state index in [1.54, 1.807) is 11.3 Å². The molecule has 0 spiro atoms. The lowest BCUT2D eigenvalue weighted by atomic mass is 10.3. The number of thiophene rings is 1. The second-order valence-electron chi connectivity index (χ2n) is 3.08. The second kappa shape index (κ2) is 4.62. The Balaban J connectivity index is 2.31.